The monoisotopic (exact) mass is 439 g/mol. The molecule has 1 unspecified atom stereocenters. The molecule has 0 radical (unpaired) electrons. The number of carbonyl (C=O) groups excluding carboxylic acids is 1. The molecule has 32 heavy (non-hydrogen) atoms. The quantitative estimate of drug-likeness (QED) is 0.690. The van der Waals surface area contributed by atoms with E-state index in [1.807, 2.05) is 32.0 Å². The summed E-state index contributed by atoms with van der Waals surface area (Å²) in [5.74, 6) is 3.11. The molecule has 2 amide bonds. The first-order valence-electron chi connectivity index (χ1n) is 11.4. The second-order valence-electron chi connectivity index (χ2n) is 8.58. The van der Waals surface area contributed by atoms with Crippen molar-refractivity contribution in [2.45, 2.75) is 38.6 Å². The van der Waals surface area contributed by atoms with Gasteiger partial charge in [-0.1, -0.05) is 0 Å². The largest absolute Gasteiger partial charge is 0.493 e. The standard InChI is InChI=1S/C24H33N5O3/c1-5-25-24(30)26-13-18-10-16-8-9-29(18)14-19(16)21-12-20(27-15(2)28-21)17-6-7-22(31-3)23(11-17)32-4/h6-7,11-12,16,18-19H,5,8-10,13-14H2,1-4H3,(H2,25,26,30)/t16-,18+,19-/m0/s1. The number of benzene rings is 1. The number of nitrogens with one attached hydrogen (secondary N) is 2. The highest BCUT2D eigenvalue weighted by Crippen LogP contribution is 2.42. The summed E-state index contributed by atoms with van der Waals surface area (Å²) >= 11 is 0. The molecule has 2 bridgehead atoms. The highest BCUT2D eigenvalue weighted by Gasteiger charge is 2.41. The fraction of sp³-hybridized carbons (Fsp3) is 0.542. The molecule has 3 fully saturated rings. The molecule has 3 saturated heterocycles. The summed E-state index contributed by atoms with van der Waals surface area (Å²) in [5, 5.41) is 5.82. The van der Waals surface area contributed by atoms with E-state index in [1.54, 1.807) is 14.2 Å². The first-order chi connectivity index (χ1) is 15.5. The van der Waals surface area contributed by atoms with Crippen molar-refractivity contribution in [2.75, 3.05) is 40.4 Å². The third-order valence-corrected chi connectivity index (χ3v) is 6.63. The molecule has 172 valence electrons. The van der Waals surface area contributed by atoms with Crippen LogP contribution in [0, 0.1) is 12.8 Å². The van der Waals surface area contributed by atoms with Gasteiger partial charge in [0.1, 0.15) is 5.82 Å². The topological polar surface area (TPSA) is 88.6 Å². The Labute approximate surface area is 189 Å². The van der Waals surface area contributed by atoms with Crippen LogP contribution in [-0.2, 0) is 0 Å². The minimum atomic E-state index is -0.0855. The molecule has 2 N–H and O–H groups in total. The van der Waals surface area contributed by atoms with Crippen molar-refractivity contribution in [3.05, 3.63) is 35.8 Å². The van der Waals surface area contributed by atoms with Crippen LogP contribution in [0.2, 0.25) is 0 Å². The predicted molar refractivity (Wildman–Crippen MR) is 123 cm³/mol. The molecule has 2 aromatic rings. The van der Waals surface area contributed by atoms with Crippen LogP contribution in [0.3, 0.4) is 0 Å². The van der Waals surface area contributed by atoms with Crippen molar-refractivity contribution >= 4 is 6.03 Å². The molecule has 5 rings (SSSR count). The van der Waals surface area contributed by atoms with Crippen LogP contribution in [0.25, 0.3) is 11.3 Å². The van der Waals surface area contributed by atoms with Gasteiger partial charge in [-0.2, -0.15) is 0 Å². The number of amides is 2. The van der Waals surface area contributed by atoms with Gasteiger partial charge in [-0.15, -0.1) is 0 Å². The molecule has 8 nitrogen and oxygen atoms in total. The third-order valence-electron chi connectivity index (χ3n) is 6.63. The van der Waals surface area contributed by atoms with Crippen molar-refractivity contribution < 1.29 is 14.3 Å². The van der Waals surface area contributed by atoms with Crippen molar-refractivity contribution in [3.63, 3.8) is 0 Å². The zero-order valence-electron chi connectivity index (χ0n) is 19.4. The van der Waals surface area contributed by atoms with E-state index in [1.165, 1.54) is 0 Å². The van der Waals surface area contributed by atoms with Crippen molar-refractivity contribution in [3.8, 4) is 22.8 Å². The maximum absolute atomic E-state index is 11.8. The molecular weight excluding hydrogens is 406 g/mol. The van der Waals surface area contributed by atoms with Gasteiger partial charge in [0.2, 0.25) is 0 Å². The number of fused-ring (bicyclic) bond motifs is 3. The first-order valence-corrected chi connectivity index (χ1v) is 11.4. The van der Waals surface area contributed by atoms with Crippen LogP contribution < -0.4 is 20.1 Å². The second kappa shape index (κ2) is 9.73. The van der Waals surface area contributed by atoms with Crippen LogP contribution in [-0.4, -0.2) is 67.3 Å². The van der Waals surface area contributed by atoms with Gasteiger partial charge in [-0.05, 0) is 63.4 Å². The Morgan fingerprint density at radius 1 is 1.16 bits per heavy atom. The molecule has 3 aliphatic rings. The lowest BCUT2D eigenvalue weighted by molar-refractivity contribution is 0.0305. The van der Waals surface area contributed by atoms with Crippen molar-refractivity contribution in [2.24, 2.45) is 5.92 Å². The summed E-state index contributed by atoms with van der Waals surface area (Å²) in [4.78, 5) is 23.8. The zero-order chi connectivity index (χ0) is 22.7. The van der Waals surface area contributed by atoms with Crippen LogP contribution in [0.4, 0.5) is 4.79 Å². The lowest BCUT2D eigenvalue weighted by atomic mass is 9.74. The van der Waals surface area contributed by atoms with Gasteiger partial charge >= 0.3 is 6.03 Å². The molecule has 0 saturated carbocycles. The van der Waals surface area contributed by atoms with Gasteiger partial charge in [0, 0.05) is 42.9 Å². The van der Waals surface area contributed by atoms with Gasteiger partial charge in [-0.3, -0.25) is 4.90 Å². The first kappa shape index (κ1) is 22.3. The summed E-state index contributed by atoms with van der Waals surface area (Å²) in [6, 6.07) is 8.31. The maximum Gasteiger partial charge on any atom is 0.314 e. The zero-order valence-corrected chi connectivity index (χ0v) is 19.4. The van der Waals surface area contributed by atoms with Gasteiger partial charge < -0.3 is 20.1 Å². The number of urea groups is 1. The number of nitrogens with zero attached hydrogens (tertiary/aromatic N) is 3. The second-order valence-corrected chi connectivity index (χ2v) is 8.58. The van der Waals surface area contributed by atoms with Crippen LogP contribution in [0.15, 0.2) is 24.3 Å². The van der Waals surface area contributed by atoms with Crippen molar-refractivity contribution in [1.29, 1.82) is 0 Å². The summed E-state index contributed by atoms with van der Waals surface area (Å²) in [7, 11) is 3.28. The van der Waals surface area contributed by atoms with Crippen LogP contribution >= 0.6 is 0 Å². The number of piperidine rings is 3. The van der Waals surface area contributed by atoms with E-state index in [0.717, 1.165) is 48.7 Å². The number of ether oxygens (including phenoxy) is 2. The minimum absolute atomic E-state index is 0.0855. The fourth-order valence-corrected chi connectivity index (χ4v) is 5.04. The Morgan fingerprint density at radius 2 is 1.97 bits per heavy atom. The molecule has 4 heterocycles. The minimum Gasteiger partial charge on any atom is -0.493 e. The lowest BCUT2D eigenvalue weighted by Crippen LogP contribution is -2.56. The summed E-state index contributed by atoms with van der Waals surface area (Å²) in [6.07, 6.45) is 2.24. The highest BCUT2D eigenvalue weighted by molar-refractivity contribution is 5.73. The van der Waals surface area contributed by atoms with E-state index in [0.29, 0.717) is 42.5 Å². The number of aryl methyl sites for hydroxylation is 1. The van der Waals surface area contributed by atoms with Crippen molar-refractivity contribution in [1.82, 2.24) is 25.5 Å². The number of carbonyl (C=O) groups is 1. The van der Waals surface area contributed by atoms with E-state index in [9.17, 15) is 4.79 Å². The number of aromatic nitrogens is 2. The average Bonchev–Trinajstić information content (AvgIpc) is 2.82. The SMILES string of the molecule is CCNC(=O)NC[C@H]1C[C@@H]2CCN1C[C@@H]2c1cc(-c2ccc(OC)c(OC)c2)nc(C)n1. The maximum atomic E-state index is 11.8. The smallest absolute Gasteiger partial charge is 0.314 e. The Kier molecular flexibility index (Phi) is 6.79. The molecule has 0 aliphatic carbocycles. The Morgan fingerprint density at radius 3 is 2.66 bits per heavy atom. The van der Waals surface area contributed by atoms with Gasteiger partial charge in [0.25, 0.3) is 0 Å². The third kappa shape index (κ3) is 4.65. The van der Waals surface area contributed by atoms with Crippen LogP contribution in [0.5, 0.6) is 11.5 Å². The van der Waals surface area contributed by atoms with E-state index in [4.69, 9.17) is 19.4 Å². The number of rotatable bonds is 7. The molecule has 1 aromatic heterocycles. The lowest BCUT2D eigenvalue weighted by Gasteiger charge is -2.49. The van der Waals surface area contributed by atoms with E-state index in [2.05, 4.69) is 21.6 Å². The van der Waals surface area contributed by atoms with E-state index < -0.39 is 0 Å². The van der Waals surface area contributed by atoms with Gasteiger partial charge in [0.15, 0.2) is 11.5 Å². The number of hydrogen-bond acceptors (Lipinski definition) is 6. The highest BCUT2D eigenvalue weighted by atomic mass is 16.5. The molecular formula is C24H33N5O3. The van der Waals surface area contributed by atoms with Gasteiger partial charge in [-0.25, -0.2) is 14.8 Å². The summed E-state index contributed by atoms with van der Waals surface area (Å²) in [5.41, 5.74) is 2.99. The number of hydrogen-bond donors (Lipinski definition) is 2. The van der Waals surface area contributed by atoms with Crippen LogP contribution in [0.1, 0.15) is 37.2 Å². The normalized spacial score (nSPS) is 24.1. The summed E-state index contributed by atoms with van der Waals surface area (Å²) < 4.78 is 10.8. The average molecular weight is 440 g/mol. The molecule has 1 aromatic carbocycles. The Bertz CT molecular complexity index is 967. The molecule has 3 aliphatic heterocycles. The molecule has 8 heteroatoms. The summed E-state index contributed by atoms with van der Waals surface area (Å²) in [6.45, 7) is 7.25. The fourth-order valence-electron chi connectivity index (χ4n) is 5.04. The Hall–Kier alpha value is -2.87. The van der Waals surface area contributed by atoms with Gasteiger partial charge in [0.05, 0.1) is 19.9 Å². The molecule has 0 spiro atoms. The predicted octanol–water partition coefficient (Wildman–Crippen LogP) is 2.97. The number of methoxy groups -OCH3 is 2. The molecule has 4 atom stereocenters. The van der Waals surface area contributed by atoms with E-state index in [-0.39, 0.29) is 6.03 Å². The van der Waals surface area contributed by atoms with E-state index >= 15 is 0 Å². The Balaban J connectivity index is 1.52.